The molecule has 2 N–H and O–H groups in total. The fourth-order valence-corrected chi connectivity index (χ4v) is 5.56. The number of carbonyl (C=O) groups is 1. The largest absolute Gasteiger partial charge is 0.504 e. The fraction of sp³-hybridized carbons (Fsp3) is 0.333. The maximum Gasteiger partial charge on any atom is 0.259 e. The molecule has 0 bridgehead atoms. The molecule has 0 radical (unpaired) electrons. The number of hydrogen-bond acceptors (Lipinski definition) is 5. The quantitative estimate of drug-likeness (QED) is 0.419. The zero-order valence-corrected chi connectivity index (χ0v) is 20.3. The van der Waals surface area contributed by atoms with Crippen molar-refractivity contribution in [1.82, 2.24) is 0 Å². The summed E-state index contributed by atoms with van der Waals surface area (Å²) in [6, 6.07) is 14.7. The predicted molar refractivity (Wildman–Crippen MR) is 136 cm³/mol. The van der Waals surface area contributed by atoms with E-state index in [1.54, 1.807) is 35.8 Å². The Hall–Kier alpha value is -3.12. The van der Waals surface area contributed by atoms with Gasteiger partial charge in [-0.3, -0.25) is 4.79 Å². The number of benzene rings is 2. The molecule has 0 aliphatic heterocycles. The molecular formula is C27H30N2O3S. The average molecular weight is 463 g/mol. The van der Waals surface area contributed by atoms with Crippen molar-refractivity contribution in [2.45, 2.75) is 40.0 Å². The van der Waals surface area contributed by atoms with Crippen LogP contribution in [0.15, 0.2) is 53.5 Å². The van der Waals surface area contributed by atoms with Gasteiger partial charge in [-0.1, -0.05) is 45.0 Å². The van der Waals surface area contributed by atoms with Crippen molar-refractivity contribution >= 4 is 34.1 Å². The maximum absolute atomic E-state index is 13.4. The lowest BCUT2D eigenvalue weighted by atomic mass is 9.72. The lowest BCUT2D eigenvalue weighted by Gasteiger charge is -2.33. The van der Waals surface area contributed by atoms with Crippen LogP contribution in [-0.4, -0.2) is 24.3 Å². The number of aliphatic imine (C=N–C) groups is 1. The summed E-state index contributed by atoms with van der Waals surface area (Å²) >= 11 is 1.58. The van der Waals surface area contributed by atoms with Gasteiger partial charge in [0.25, 0.3) is 5.91 Å². The number of ether oxygens (including phenoxy) is 1. The number of anilines is 1. The van der Waals surface area contributed by atoms with Gasteiger partial charge in [0, 0.05) is 22.3 Å². The van der Waals surface area contributed by atoms with E-state index in [1.807, 2.05) is 30.3 Å². The Balaban J connectivity index is 1.73. The summed E-state index contributed by atoms with van der Waals surface area (Å²) < 4.78 is 5.20. The van der Waals surface area contributed by atoms with Crippen LogP contribution < -0.4 is 10.1 Å². The Morgan fingerprint density at radius 1 is 1.18 bits per heavy atom. The van der Waals surface area contributed by atoms with Gasteiger partial charge < -0.3 is 15.2 Å². The standard InChI is InChI=1S/C27H30N2O3S/c1-27(2,3)18-13-14-20-22(15-18)33-26(23(20)25(31)29-19-10-6-5-7-11-19)28-16-17-9-8-12-21(32-4)24(17)30/h5-12,16,18,30H,13-15H2,1-4H3,(H,29,31)/t18-/m1/s1. The summed E-state index contributed by atoms with van der Waals surface area (Å²) in [6.07, 6.45) is 4.48. The van der Waals surface area contributed by atoms with Crippen molar-refractivity contribution in [2.75, 3.05) is 12.4 Å². The van der Waals surface area contributed by atoms with Crippen molar-refractivity contribution < 1.29 is 14.6 Å². The van der Waals surface area contributed by atoms with Crippen LogP contribution in [0.4, 0.5) is 10.7 Å². The zero-order chi connectivity index (χ0) is 23.6. The highest BCUT2D eigenvalue weighted by molar-refractivity contribution is 7.16. The third kappa shape index (κ3) is 4.96. The van der Waals surface area contributed by atoms with E-state index in [0.29, 0.717) is 27.8 Å². The first-order valence-electron chi connectivity index (χ1n) is 11.2. The molecule has 0 saturated carbocycles. The van der Waals surface area contributed by atoms with E-state index in [4.69, 9.17) is 4.74 Å². The van der Waals surface area contributed by atoms with Crippen LogP contribution in [0.2, 0.25) is 0 Å². The first-order chi connectivity index (χ1) is 15.8. The topological polar surface area (TPSA) is 70.9 Å². The molecule has 6 heteroatoms. The highest BCUT2D eigenvalue weighted by Gasteiger charge is 2.33. The minimum Gasteiger partial charge on any atom is -0.504 e. The Kier molecular flexibility index (Phi) is 6.56. The van der Waals surface area contributed by atoms with Crippen LogP contribution in [0, 0.1) is 11.3 Å². The lowest BCUT2D eigenvalue weighted by molar-refractivity contribution is 0.102. The van der Waals surface area contributed by atoms with Gasteiger partial charge in [-0.2, -0.15) is 0 Å². The molecule has 0 spiro atoms. The molecule has 5 nitrogen and oxygen atoms in total. The van der Waals surface area contributed by atoms with Crippen molar-refractivity contribution in [2.24, 2.45) is 16.3 Å². The first-order valence-corrected chi connectivity index (χ1v) is 12.0. The van der Waals surface area contributed by atoms with Gasteiger partial charge in [-0.05, 0) is 60.4 Å². The molecule has 4 rings (SSSR count). The Morgan fingerprint density at radius 2 is 1.94 bits per heavy atom. The number of fused-ring (bicyclic) bond motifs is 1. The van der Waals surface area contributed by atoms with E-state index < -0.39 is 0 Å². The molecule has 0 unspecified atom stereocenters. The minimum absolute atomic E-state index is 0.0353. The van der Waals surface area contributed by atoms with Crippen LogP contribution in [0.1, 0.15) is 53.6 Å². The highest BCUT2D eigenvalue weighted by Crippen LogP contribution is 2.45. The third-order valence-corrected chi connectivity index (χ3v) is 7.46. The number of phenolic OH excluding ortho intramolecular Hbond substituents is 1. The molecule has 33 heavy (non-hydrogen) atoms. The zero-order valence-electron chi connectivity index (χ0n) is 19.5. The van der Waals surface area contributed by atoms with E-state index in [2.05, 4.69) is 31.1 Å². The molecule has 1 aliphatic carbocycles. The van der Waals surface area contributed by atoms with Gasteiger partial charge >= 0.3 is 0 Å². The van der Waals surface area contributed by atoms with E-state index in [-0.39, 0.29) is 17.1 Å². The van der Waals surface area contributed by atoms with Gasteiger partial charge in [0.15, 0.2) is 11.5 Å². The smallest absolute Gasteiger partial charge is 0.259 e. The number of para-hydroxylation sites is 2. The number of amides is 1. The summed E-state index contributed by atoms with van der Waals surface area (Å²) in [5.41, 5.74) is 3.26. The normalized spacial score (nSPS) is 15.9. The summed E-state index contributed by atoms with van der Waals surface area (Å²) in [5, 5.41) is 14.1. The first kappa shape index (κ1) is 23.1. The SMILES string of the molecule is COc1cccc(C=Nc2sc3c(c2C(=O)Nc2ccccc2)CC[C@@H](C(C)(C)C)C3)c1O. The Bertz CT molecular complexity index is 1180. The van der Waals surface area contributed by atoms with Crippen LogP contribution in [0.5, 0.6) is 11.5 Å². The third-order valence-electron chi connectivity index (χ3n) is 6.30. The molecular weight excluding hydrogens is 432 g/mol. The number of nitrogens with zero attached hydrogens (tertiary/aromatic N) is 1. The molecule has 1 atom stereocenters. The number of nitrogens with one attached hydrogen (secondary N) is 1. The summed E-state index contributed by atoms with van der Waals surface area (Å²) in [5.74, 6) is 0.843. The molecule has 2 aromatic carbocycles. The van der Waals surface area contributed by atoms with Crippen LogP contribution in [0.25, 0.3) is 0 Å². The van der Waals surface area contributed by atoms with E-state index >= 15 is 0 Å². The van der Waals surface area contributed by atoms with E-state index in [1.165, 1.54) is 12.0 Å². The molecule has 3 aromatic rings. The van der Waals surface area contributed by atoms with Crippen molar-refractivity contribution in [3.8, 4) is 11.5 Å². The molecule has 1 amide bonds. The summed E-state index contributed by atoms with van der Waals surface area (Å²) in [6.45, 7) is 6.84. The van der Waals surface area contributed by atoms with Crippen LogP contribution in [0.3, 0.4) is 0 Å². The second kappa shape index (κ2) is 9.40. The molecule has 1 aromatic heterocycles. The van der Waals surface area contributed by atoms with E-state index in [0.717, 1.165) is 30.5 Å². The number of carbonyl (C=O) groups excluding carboxylic acids is 1. The Morgan fingerprint density at radius 3 is 2.64 bits per heavy atom. The minimum atomic E-state index is -0.144. The van der Waals surface area contributed by atoms with Crippen molar-refractivity contribution in [1.29, 1.82) is 0 Å². The van der Waals surface area contributed by atoms with Gasteiger partial charge in [0.05, 0.1) is 12.7 Å². The average Bonchev–Trinajstić information content (AvgIpc) is 3.16. The highest BCUT2D eigenvalue weighted by atomic mass is 32.1. The fourth-order valence-electron chi connectivity index (χ4n) is 4.29. The van der Waals surface area contributed by atoms with Gasteiger partial charge in [-0.25, -0.2) is 4.99 Å². The molecule has 172 valence electrons. The molecule has 1 aliphatic rings. The van der Waals surface area contributed by atoms with Crippen LogP contribution >= 0.6 is 11.3 Å². The lowest BCUT2D eigenvalue weighted by Crippen LogP contribution is -2.27. The molecule has 0 saturated heterocycles. The van der Waals surface area contributed by atoms with Crippen molar-refractivity contribution in [3.05, 3.63) is 70.1 Å². The monoisotopic (exact) mass is 462 g/mol. The van der Waals surface area contributed by atoms with Gasteiger partial charge in [0.1, 0.15) is 5.00 Å². The molecule has 1 heterocycles. The predicted octanol–water partition coefficient (Wildman–Crippen LogP) is 6.62. The van der Waals surface area contributed by atoms with Gasteiger partial charge in [-0.15, -0.1) is 11.3 Å². The number of phenols is 1. The number of methoxy groups -OCH3 is 1. The van der Waals surface area contributed by atoms with E-state index in [9.17, 15) is 9.90 Å². The van der Waals surface area contributed by atoms with Crippen LogP contribution in [-0.2, 0) is 12.8 Å². The van der Waals surface area contributed by atoms with Gasteiger partial charge in [0.2, 0.25) is 0 Å². The number of hydrogen-bond donors (Lipinski definition) is 2. The molecule has 0 fully saturated rings. The summed E-state index contributed by atoms with van der Waals surface area (Å²) in [7, 11) is 1.51. The van der Waals surface area contributed by atoms with Crippen molar-refractivity contribution in [3.63, 3.8) is 0 Å². The number of thiophene rings is 1. The summed E-state index contributed by atoms with van der Waals surface area (Å²) in [4.78, 5) is 19.3. The second-order valence-corrected chi connectivity index (χ2v) is 10.5. The number of rotatable bonds is 5. The number of aromatic hydroxyl groups is 1. The Labute approximate surface area is 199 Å². The second-order valence-electron chi connectivity index (χ2n) is 9.47. The maximum atomic E-state index is 13.4.